The number of carbonyl (C=O) groups excluding carboxylic acids is 1. The molecule has 0 aromatic carbocycles. The maximum Gasteiger partial charge on any atom is 0.303 e. The first-order valence-corrected chi connectivity index (χ1v) is 9.74. The Morgan fingerprint density at radius 1 is 1.20 bits per heavy atom. The highest BCUT2D eigenvalue weighted by Crippen LogP contribution is 2.34. The lowest BCUT2D eigenvalue weighted by atomic mass is 9.88. The minimum Gasteiger partial charge on any atom is -0.481 e. The molecule has 3 N–H and O–H groups in total. The van der Waals surface area contributed by atoms with E-state index >= 15 is 0 Å². The summed E-state index contributed by atoms with van der Waals surface area (Å²) < 4.78 is 0. The van der Waals surface area contributed by atoms with E-state index in [2.05, 4.69) is 6.92 Å². The quantitative estimate of drug-likeness (QED) is 0.348. The molecule has 1 fully saturated rings. The summed E-state index contributed by atoms with van der Waals surface area (Å²) in [5.74, 6) is -1.04. The second-order valence-electron chi connectivity index (χ2n) is 7.22. The summed E-state index contributed by atoms with van der Waals surface area (Å²) >= 11 is 0. The predicted molar refractivity (Wildman–Crippen MR) is 97.2 cm³/mol. The van der Waals surface area contributed by atoms with Gasteiger partial charge in [0, 0.05) is 24.7 Å². The molecule has 0 aromatic heterocycles. The number of hydrogen-bond donors (Lipinski definition) is 3. The summed E-state index contributed by atoms with van der Waals surface area (Å²) in [6.45, 7) is 2.12. The molecule has 1 saturated carbocycles. The molecular weight excluding hydrogens is 320 g/mol. The number of hydrogen-bond acceptors (Lipinski definition) is 4. The van der Waals surface area contributed by atoms with Crippen LogP contribution >= 0.6 is 0 Å². The van der Waals surface area contributed by atoms with Crippen molar-refractivity contribution in [2.45, 2.75) is 89.8 Å². The van der Waals surface area contributed by atoms with E-state index < -0.39 is 18.2 Å². The van der Waals surface area contributed by atoms with Crippen molar-refractivity contribution in [2.75, 3.05) is 0 Å². The van der Waals surface area contributed by atoms with E-state index in [1.807, 2.05) is 6.08 Å². The van der Waals surface area contributed by atoms with Crippen molar-refractivity contribution >= 4 is 11.8 Å². The molecule has 144 valence electrons. The monoisotopic (exact) mass is 354 g/mol. The van der Waals surface area contributed by atoms with Gasteiger partial charge >= 0.3 is 5.97 Å². The number of rotatable bonds is 13. The summed E-state index contributed by atoms with van der Waals surface area (Å²) in [4.78, 5) is 22.6. The Bertz CT molecular complexity index is 432. The molecule has 0 amide bonds. The van der Waals surface area contributed by atoms with Gasteiger partial charge in [-0.25, -0.2) is 0 Å². The van der Waals surface area contributed by atoms with E-state index in [0.717, 1.165) is 51.4 Å². The van der Waals surface area contributed by atoms with Gasteiger partial charge in [-0.05, 0) is 19.3 Å². The molecule has 0 aliphatic heterocycles. The maximum absolute atomic E-state index is 12.1. The van der Waals surface area contributed by atoms with Crippen LogP contribution in [0.1, 0.15) is 77.6 Å². The van der Waals surface area contributed by atoms with Gasteiger partial charge < -0.3 is 15.3 Å². The molecule has 25 heavy (non-hydrogen) atoms. The Morgan fingerprint density at radius 2 is 1.92 bits per heavy atom. The fourth-order valence-electron chi connectivity index (χ4n) is 3.54. The Labute approximate surface area is 151 Å². The van der Waals surface area contributed by atoms with E-state index in [1.165, 1.54) is 0 Å². The minimum absolute atomic E-state index is 0.105. The molecule has 1 rings (SSSR count). The van der Waals surface area contributed by atoms with Crippen LogP contribution in [-0.2, 0) is 9.59 Å². The van der Waals surface area contributed by atoms with Crippen LogP contribution in [0.4, 0.5) is 0 Å². The van der Waals surface area contributed by atoms with Gasteiger partial charge in [0.1, 0.15) is 5.78 Å². The normalized spacial score (nSPS) is 24.9. The molecule has 5 nitrogen and oxygen atoms in total. The second-order valence-corrected chi connectivity index (χ2v) is 7.22. The first-order chi connectivity index (χ1) is 12.0. The number of ketones is 1. The molecule has 0 bridgehead atoms. The van der Waals surface area contributed by atoms with Crippen molar-refractivity contribution < 1.29 is 24.9 Å². The number of Topliss-reactive ketones (excluding diaryl/α,β-unsaturated/α-hetero) is 1. The largest absolute Gasteiger partial charge is 0.481 e. The fourth-order valence-corrected chi connectivity index (χ4v) is 3.54. The fraction of sp³-hybridized carbons (Fsp3) is 0.800. The molecule has 0 aromatic rings. The molecule has 0 spiro atoms. The average molecular weight is 354 g/mol. The zero-order chi connectivity index (χ0) is 18.7. The summed E-state index contributed by atoms with van der Waals surface area (Å²) in [5.41, 5.74) is 0. The van der Waals surface area contributed by atoms with Crippen LogP contribution < -0.4 is 0 Å². The van der Waals surface area contributed by atoms with E-state index in [9.17, 15) is 19.8 Å². The molecular formula is C20H34O5. The van der Waals surface area contributed by atoms with Gasteiger partial charge in [0.05, 0.1) is 12.2 Å². The Hall–Kier alpha value is -1.20. The number of aliphatic hydroxyl groups excluding tert-OH is 2. The van der Waals surface area contributed by atoms with Crippen LogP contribution in [0.25, 0.3) is 0 Å². The third-order valence-electron chi connectivity index (χ3n) is 5.05. The smallest absolute Gasteiger partial charge is 0.303 e. The van der Waals surface area contributed by atoms with Crippen LogP contribution in [0.15, 0.2) is 12.2 Å². The van der Waals surface area contributed by atoms with Gasteiger partial charge in [-0.2, -0.15) is 0 Å². The number of unbranched alkanes of at least 4 members (excludes halogenated alkanes) is 5. The average Bonchev–Trinajstić information content (AvgIpc) is 2.82. The Morgan fingerprint density at radius 3 is 2.60 bits per heavy atom. The SMILES string of the molecule is CCCCC[C@@H](O)/C=C/[C@@H]1[C@@H](O)CC(=O)[C@@H]1CCCCCCC(=O)O. The second kappa shape index (κ2) is 12.2. The Kier molecular flexibility index (Phi) is 10.7. The molecule has 0 heterocycles. The lowest BCUT2D eigenvalue weighted by molar-refractivity contribution is -0.137. The third kappa shape index (κ3) is 8.63. The number of carboxylic acids is 1. The Balaban J connectivity index is 2.39. The highest BCUT2D eigenvalue weighted by atomic mass is 16.4. The summed E-state index contributed by atoms with van der Waals surface area (Å²) in [6.07, 6.45) is 10.7. The molecule has 1 aliphatic rings. The zero-order valence-electron chi connectivity index (χ0n) is 15.4. The summed E-state index contributed by atoms with van der Waals surface area (Å²) in [6, 6.07) is 0. The van der Waals surface area contributed by atoms with Gasteiger partial charge in [0.15, 0.2) is 0 Å². The van der Waals surface area contributed by atoms with E-state index in [0.29, 0.717) is 6.42 Å². The maximum atomic E-state index is 12.1. The van der Waals surface area contributed by atoms with Crippen molar-refractivity contribution in [3.05, 3.63) is 12.2 Å². The summed E-state index contributed by atoms with van der Waals surface area (Å²) in [7, 11) is 0. The van der Waals surface area contributed by atoms with Crippen molar-refractivity contribution in [3.63, 3.8) is 0 Å². The topological polar surface area (TPSA) is 94.8 Å². The molecule has 0 unspecified atom stereocenters. The molecule has 0 radical (unpaired) electrons. The first kappa shape index (κ1) is 21.8. The summed E-state index contributed by atoms with van der Waals surface area (Å²) in [5, 5.41) is 28.7. The zero-order valence-corrected chi connectivity index (χ0v) is 15.4. The van der Waals surface area contributed by atoms with Gasteiger partial charge in [-0.15, -0.1) is 0 Å². The van der Waals surface area contributed by atoms with Crippen molar-refractivity contribution in [1.82, 2.24) is 0 Å². The van der Waals surface area contributed by atoms with Gasteiger partial charge in [-0.1, -0.05) is 57.6 Å². The van der Waals surface area contributed by atoms with Gasteiger partial charge in [-0.3, -0.25) is 9.59 Å². The highest BCUT2D eigenvalue weighted by Gasteiger charge is 2.39. The number of aliphatic carboxylic acids is 1. The third-order valence-corrected chi connectivity index (χ3v) is 5.05. The van der Waals surface area contributed by atoms with Crippen LogP contribution in [0, 0.1) is 11.8 Å². The van der Waals surface area contributed by atoms with Crippen molar-refractivity contribution in [1.29, 1.82) is 0 Å². The van der Waals surface area contributed by atoms with E-state index in [1.54, 1.807) is 6.08 Å². The number of carboxylic acid groups (broad SMARTS) is 1. The highest BCUT2D eigenvalue weighted by molar-refractivity contribution is 5.84. The first-order valence-electron chi connectivity index (χ1n) is 9.74. The number of carbonyl (C=O) groups is 2. The van der Waals surface area contributed by atoms with Crippen LogP contribution in [-0.4, -0.2) is 39.3 Å². The molecule has 4 atom stereocenters. The number of aliphatic hydroxyl groups is 2. The van der Waals surface area contributed by atoms with E-state index in [4.69, 9.17) is 5.11 Å². The van der Waals surface area contributed by atoms with E-state index in [-0.39, 0.29) is 30.5 Å². The van der Waals surface area contributed by atoms with Gasteiger partial charge in [0.25, 0.3) is 0 Å². The van der Waals surface area contributed by atoms with Gasteiger partial charge in [0.2, 0.25) is 0 Å². The standard InChI is InChI=1S/C20H34O5/c1-2-3-6-9-15(21)12-13-17-16(18(22)14-19(17)23)10-7-4-5-8-11-20(24)25/h12-13,15-17,19,21,23H,2-11,14H2,1H3,(H,24,25)/b13-12+/t15-,16-,17+,19+/m1/s1. The van der Waals surface area contributed by atoms with Crippen LogP contribution in [0.5, 0.6) is 0 Å². The predicted octanol–water partition coefficient (Wildman–Crippen LogP) is 3.48. The molecule has 5 heteroatoms. The lowest BCUT2D eigenvalue weighted by Gasteiger charge is -2.18. The van der Waals surface area contributed by atoms with Crippen molar-refractivity contribution in [2.24, 2.45) is 11.8 Å². The van der Waals surface area contributed by atoms with Crippen LogP contribution in [0.3, 0.4) is 0 Å². The lowest BCUT2D eigenvalue weighted by Crippen LogP contribution is -2.19. The van der Waals surface area contributed by atoms with Crippen molar-refractivity contribution in [3.8, 4) is 0 Å². The minimum atomic E-state index is -0.767. The van der Waals surface area contributed by atoms with Crippen LogP contribution in [0.2, 0.25) is 0 Å². The molecule has 1 aliphatic carbocycles. The molecule has 0 saturated heterocycles.